The van der Waals surface area contributed by atoms with E-state index in [0.29, 0.717) is 15.8 Å². The van der Waals surface area contributed by atoms with E-state index in [9.17, 15) is 0 Å². The van der Waals surface area contributed by atoms with Crippen LogP contribution in [0.15, 0.2) is 30.3 Å². The lowest BCUT2D eigenvalue weighted by molar-refractivity contribution is 1.19. The van der Waals surface area contributed by atoms with E-state index in [1.165, 1.54) is 0 Å². The van der Waals surface area contributed by atoms with Gasteiger partial charge in [0.1, 0.15) is 10.8 Å². The Labute approximate surface area is 135 Å². The largest absolute Gasteiger partial charge is 0.389 e. The molecule has 19 heavy (non-hydrogen) atoms. The van der Waals surface area contributed by atoms with Gasteiger partial charge in [0.15, 0.2) is 0 Å². The van der Waals surface area contributed by atoms with Crippen LogP contribution >= 0.6 is 46.4 Å². The molecule has 98 valence electrons. The van der Waals surface area contributed by atoms with Crippen molar-refractivity contribution in [2.45, 2.75) is 6.92 Å². The molecule has 1 heterocycles. The molecule has 1 aromatic heterocycles. The van der Waals surface area contributed by atoms with Gasteiger partial charge in [-0.1, -0.05) is 23.8 Å². The minimum absolute atomic E-state index is 0.349. The van der Waals surface area contributed by atoms with Gasteiger partial charge in [0, 0.05) is 14.8 Å². The van der Waals surface area contributed by atoms with E-state index >= 15 is 0 Å². The Kier molecular flexibility index (Phi) is 4.59. The highest BCUT2D eigenvalue weighted by atomic mass is 127. The Morgan fingerprint density at radius 3 is 2.74 bits per heavy atom. The molecule has 0 aliphatic carbocycles. The maximum absolute atomic E-state index is 6.18. The highest BCUT2D eigenvalue weighted by Gasteiger charge is 2.05. The van der Waals surface area contributed by atoms with Crippen LogP contribution in [-0.4, -0.2) is 9.97 Å². The van der Waals surface area contributed by atoms with E-state index in [1.807, 2.05) is 37.3 Å². The molecule has 0 aliphatic heterocycles. The average Bonchev–Trinajstić information content (AvgIpc) is 2.32. The maximum Gasteiger partial charge on any atom is 0.131 e. The van der Waals surface area contributed by atoms with E-state index in [2.05, 4.69) is 32.9 Å². The average molecular weight is 404 g/mol. The van der Waals surface area contributed by atoms with E-state index in [0.717, 1.165) is 20.5 Å². The molecule has 3 N–H and O–H groups in total. The smallest absolute Gasteiger partial charge is 0.131 e. The van der Waals surface area contributed by atoms with Crippen molar-refractivity contribution in [1.82, 2.24) is 4.98 Å². The number of hydrogen-bond acceptors (Lipinski definition) is 3. The second kappa shape index (κ2) is 6.02. The topological polar surface area (TPSA) is 50.9 Å². The maximum atomic E-state index is 6.18. The molecule has 6 heteroatoms. The Bertz CT molecular complexity index is 646. The third kappa shape index (κ3) is 3.77. The molecule has 1 aromatic carbocycles. The molecule has 0 bridgehead atoms. The number of pyridine rings is 1. The van der Waals surface area contributed by atoms with Crippen LogP contribution in [0.5, 0.6) is 0 Å². The van der Waals surface area contributed by atoms with Crippen LogP contribution in [0.2, 0.25) is 5.02 Å². The third-order valence-corrected chi connectivity index (χ3v) is 3.65. The normalized spacial score (nSPS) is 10.3. The fraction of sp³-hybridized carbons (Fsp3) is 0.0769. The predicted molar refractivity (Wildman–Crippen MR) is 92.3 cm³/mol. The zero-order valence-corrected chi connectivity index (χ0v) is 13.8. The molecular weight excluding hydrogens is 393 g/mol. The van der Waals surface area contributed by atoms with Crippen LogP contribution in [0, 0.1) is 10.5 Å². The number of anilines is 2. The number of aryl methyl sites for hydroxylation is 1. The first-order chi connectivity index (χ1) is 8.95. The first-order valence-electron chi connectivity index (χ1n) is 5.46. The highest BCUT2D eigenvalue weighted by molar-refractivity contribution is 14.1. The Hall–Kier alpha value is -0.920. The summed E-state index contributed by atoms with van der Waals surface area (Å²) in [6, 6.07) is 9.43. The van der Waals surface area contributed by atoms with E-state index < -0.39 is 0 Å². The van der Waals surface area contributed by atoms with Gasteiger partial charge >= 0.3 is 0 Å². The summed E-state index contributed by atoms with van der Waals surface area (Å²) in [5, 5.41) is 3.82. The summed E-state index contributed by atoms with van der Waals surface area (Å²) in [6.07, 6.45) is 0. The molecule has 2 rings (SSSR count). The summed E-state index contributed by atoms with van der Waals surface area (Å²) in [6.45, 7) is 1.89. The standard InChI is InChI=1S/C13H11ClIN3S/c1-7-4-8(13(16)19)5-12(17-7)18-11-3-2-9(15)6-10(11)14/h2-6H,1H3,(H2,16,19)(H,17,18). The van der Waals surface area contributed by atoms with E-state index in [4.69, 9.17) is 29.6 Å². The molecule has 0 saturated carbocycles. The molecular formula is C13H11ClIN3S. The summed E-state index contributed by atoms with van der Waals surface area (Å²) in [4.78, 5) is 4.74. The van der Waals surface area contributed by atoms with Crippen molar-refractivity contribution in [2.24, 2.45) is 5.73 Å². The fourth-order valence-electron chi connectivity index (χ4n) is 1.60. The molecule has 0 fully saturated rings. The number of nitrogens with zero attached hydrogens (tertiary/aromatic N) is 1. The number of hydrogen-bond donors (Lipinski definition) is 2. The third-order valence-electron chi connectivity index (χ3n) is 2.43. The number of benzene rings is 1. The molecule has 0 atom stereocenters. The first kappa shape index (κ1) is 14.5. The highest BCUT2D eigenvalue weighted by Crippen LogP contribution is 2.26. The summed E-state index contributed by atoms with van der Waals surface area (Å²) in [7, 11) is 0. The van der Waals surface area contributed by atoms with Gasteiger partial charge < -0.3 is 11.1 Å². The zero-order chi connectivity index (χ0) is 14.0. The van der Waals surface area contributed by atoms with Gasteiger partial charge in [-0.2, -0.15) is 0 Å². The number of aromatic nitrogens is 1. The number of thiocarbonyl (C=S) groups is 1. The zero-order valence-electron chi connectivity index (χ0n) is 10.1. The van der Waals surface area contributed by atoms with Crippen LogP contribution in [0.4, 0.5) is 11.5 Å². The Balaban J connectivity index is 2.35. The predicted octanol–water partition coefficient (Wildman–Crippen LogP) is 4.03. The van der Waals surface area contributed by atoms with Crippen molar-refractivity contribution >= 4 is 62.9 Å². The van der Waals surface area contributed by atoms with E-state index in [1.54, 1.807) is 0 Å². The van der Waals surface area contributed by atoms with Gasteiger partial charge in [0.05, 0.1) is 10.7 Å². The van der Waals surface area contributed by atoms with Crippen molar-refractivity contribution in [1.29, 1.82) is 0 Å². The lowest BCUT2D eigenvalue weighted by Gasteiger charge is -2.10. The molecule has 3 nitrogen and oxygen atoms in total. The first-order valence-corrected chi connectivity index (χ1v) is 7.33. The number of nitrogens with two attached hydrogens (primary N) is 1. The lowest BCUT2D eigenvalue weighted by atomic mass is 10.2. The molecule has 0 unspecified atom stereocenters. The summed E-state index contributed by atoms with van der Waals surface area (Å²) in [5.74, 6) is 0.672. The van der Waals surface area contributed by atoms with Crippen LogP contribution in [0.25, 0.3) is 0 Å². The van der Waals surface area contributed by atoms with Crippen molar-refractivity contribution in [2.75, 3.05) is 5.32 Å². The summed E-state index contributed by atoms with van der Waals surface area (Å²) < 4.78 is 1.08. The van der Waals surface area contributed by atoms with Gasteiger partial charge in [-0.3, -0.25) is 0 Å². The molecule has 0 amide bonds. The second-order valence-electron chi connectivity index (χ2n) is 4.00. The second-order valence-corrected chi connectivity index (χ2v) is 6.09. The quantitative estimate of drug-likeness (QED) is 0.600. The van der Waals surface area contributed by atoms with Crippen LogP contribution in [0.3, 0.4) is 0 Å². The fourth-order valence-corrected chi connectivity index (χ4v) is 2.62. The van der Waals surface area contributed by atoms with Gasteiger partial charge in [-0.05, 0) is 59.8 Å². The van der Waals surface area contributed by atoms with Crippen LogP contribution in [-0.2, 0) is 0 Å². The molecule has 2 aromatic rings. The van der Waals surface area contributed by atoms with Gasteiger partial charge in [0.2, 0.25) is 0 Å². The summed E-state index contributed by atoms with van der Waals surface area (Å²) >= 11 is 13.4. The van der Waals surface area contributed by atoms with Gasteiger partial charge in [-0.25, -0.2) is 4.98 Å². The van der Waals surface area contributed by atoms with Crippen molar-refractivity contribution < 1.29 is 0 Å². The molecule has 0 saturated heterocycles. The van der Waals surface area contributed by atoms with Crippen LogP contribution in [0.1, 0.15) is 11.3 Å². The number of halogens is 2. The lowest BCUT2D eigenvalue weighted by Crippen LogP contribution is -2.10. The Morgan fingerprint density at radius 1 is 1.37 bits per heavy atom. The van der Waals surface area contributed by atoms with Gasteiger partial charge in [0.25, 0.3) is 0 Å². The van der Waals surface area contributed by atoms with Crippen LogP contribution < -0.4 is 11.1 Å². The van der Waals surface area contributed by atoms with Crippen molar-refractivity contribution in [3.63, 3.8) is 0 Å². The molecule has 0 spiro atoms. The minimum Gasteiger partial charge on any atom is -0.389 e. The minimum atomic E-state index is 0.349. The number of nitrogens with one attached hydrogen (secondary N) is 1. The molecule has 0 radical (unpaired) electrons. The Morgan fingerprint density at radius 2 is 2.11 bits per heavy atom. The van der Waals surface area contributed by atoms with Crippen molar-refractivity contribution in [3.05, 3.63) is 50.2 Å². The summed E-state index contributed by atoms with van der Waals surface area (Å²) in [5.41, 5.74) is 8.07. The van der Waals surface area contributed by atoms with Gasteiger partial charge in [-0.15, -0.1) is 0 Å². The SMILES string of the molecule is Cc1cc(C(N)=S)cc(Nc2ccc(I)cc2Cl)n1. The number of rotatable bonds is 3. The van der Waals surface area contributed by atoms with Crippen molar-refractivity contribution in [3.8, 4) is 0 Å². The monoisotopic (exact) mass is 403 g/mol. The van der Waals surface area contributed by atoms with E-state index in [-0.39, 0.29) is 0 Å². The molecule has 0 aliphatic rings.